The van der Waals surface area contributed by atoms with E-state index in [0.29, 0.717) is 45.1 Å². The molecule has 0 spiro atoms. The van der Waals surface area contributed by atoms with E-state index in [-0.39, 0.29) is 11.8 Å². The van der Waals surface area contributed by atoms with Gasteiger partial charge in [0.25, 0.3) is 0 Å². The maximum atomic E-state index is 12.3. The molecule has 1 aliphatic rings. The van der Waals surface area contributed by atoms with Crippen molar-refractivity contribution in [2.75, 3.05) is 44.0 Å². The third-order valence-corrected chi connectivity index (χ3v) is 5.47. The topological polar surface area (TPSA) is 67.9 Å². The van der Waals surface area contributed by atoms with Gasteiger partial charge in [-0.1, -0.05) is 12.1 Å². The highest BCUT2D eigenvalue weighted by atomic mass is 32.2. The highest BCUT2D eigenvalue weighted by Gasteiger charge is 2.16. The highest BCUT2D eigenvalue weighted by molar-refractivity contribution is 8.00. The molecular formula is C22H26N2O4S. The molecule has 2 aromatic rings. The van der Waals surface area contributed by atoms with Gasteiger partial charge in [0.2, 0.25) is 11.8 Å². The van der Waals surface area contributed by atoms with E-state index in [1.165, 1.54) is 11.8 Å². The summed E-state index contributed by atoms with van der Waals surface area (Å²) in [5, 5.41) is 2.89. The van der Waals surface area contributed by atoms with Crippen LogP contribution >= 0.6 is 11.8 Å². The molecule has 2 aromatic carbocycles. The molecule has 7 heteroatoms. The second-order valence-corrected chi connectivity index (χ2v) is 7.66. The fourth-order valence-corrected chi connectivity index (χ4v) is 3.65. The Bertz CT molecular complexity index is 803. The van der Waals surface area contributed by atoms with Gasteiger partial charge in [0.15, 0.2) is 0 Å². The molecule has 1 saturated heterocycles. The van der Waals surface area contributed by atoms with Crippen molar-refractivity contribution in [3.63, 3.8) is 0 Å². The molecule has 154 valence electrons. The van der Waals surface area contributed by atoms with E-state index in [2.05, 4.69) is 5.32 Å². The summed E-state index contributed by atoms with van der Waals surface area (Å²) in [5.74, 6) is 1.19. The Balaban J connectivity index is 1.43. The molecule has 2 amide bonds. The number of nitrogens with zero attached hydrogens (tertiary/aromatic N) is 1. The van der Waals surface area contributed by atoms with Crippen LogP contribution in [0.4, 0.5) is 5.69 Å². The predicted octanol–water partition coefficient (Wildman–Crippen LogP) is 3.22. The molecule has 0 aromatic heterocycles. The predicted molar refractivity (Wildman–Crippen MR) is 115 cm³/mol. The van der Waals surface area contributed by atoms with Crippen LogP contribution in [0.2, 0.25) is 0 Å². The number of rotatable bonds is 8. The third-order valence-electron chi connectivity index (χ3n) is 4.46. The molecule has 29 heavy (non-hydrogen) atoms. The van der Waals surface area contributed by atoms with E-state index in [9.17, 15) is 9.59 Å². The van der Waals surface area contributed by atoms with Gasteiger partial charge >= 0.3 is 0 Å². The second kappa shape index (κ2) is 10.9. The Morgan fingerprint density at radius 1 is 1.07 bits per heavy atom. The van der Waals surface area contributed by atoms with Gasteiger partial charge in [0.05, 0.1) is 32.0 Å². The average molecular weight is 415 g/mol. The molecule has 0 unspecified atom stereocenters. The average Bonchev–Trinajstić information content (AvgIpc) is 2.75. The largest absolute Gasteiger partial charge is 0.494 e. The normalized spacial score (nSPS) is 13.8. The highest BCUT2D eigenvalue weighted by Crippen LogP contribution is 2.22. The molecule has 0 saturated carbocycles. The number of amides is 2. The summed E-state index contributed by atoms with van der Waals surface area (Å²) < 4.78 is 10.7. The minimum Gasteiger partial charge on any atom is -0.494 e. The Kier molecular flexibility index (Phi) is 7.95. The van der Waals surface area contributed by atoms with E-state index < -0.39 is 0 Å². The van der Waals surface area contributed by atoms with Crippen LogP contribution in [0.5, 0.6) is 5.75 Å². The molecule has 0 atom stereocenters. The van der Waals surface area contributed by atoms with Crippen molar-refractivity contribution in [1.82, 2.24) is 4.90 Å². The van der Waals surface area contributed by atoms with Crippen LogP contribution in [0.25, 0.3) is 0 Å². The van der Waals surface area contributed by atoms with Crippen LogP contribution in [0.3, 0.4) is 0 Å². The van der Waals surface area contributed by atoms with Crippen molar-refractivity contribution in [2.45, 2.75) is 18.2 Å². The van der Waals surface area contributed by atoms with E-state index in [1.54, 1.807) is 0 Å². The number of hydrogen-bond donors (Lipinski definition) is 1. The third kappa shape index (κ3) is 6.80. The maximum absolute atomic E-state index is 12.3. The summed E-state index contributed by atoms with van der Waals surface area (Å²) in [7, 11) is 0. The van der Waals surface area contributed by atoms with Gasteiger partial charge in [-0.15, -0.1) is 11.8 Å². The molecule has 1 fully saturated rings. The number of hydrogen-bond acceptors (Lipinski definition) is 5. The summed E-state index contributed by atoms with van der Waals surface area (Å²) >= 11 is 1.47. The van der Waals surface area contributed by atoms with E-state index in [4.69, 9.17) is 9.47 Å². The first-order valence-electron chi connectivity index (χ1n) is 9.74. The molecule has 1 heterocycles. The monoisotopic (exact) mass is 414 g/mol. The summed E-state index contributed by atoms with van der Waals surface area (Å²) in [6.45, 7) is 5.09. The van der Waals surface area contributed by atoms with Gasteiger partial charge in [0, 0.05) is 23.7 Å². The lowest BCUT2D eigenvalue weighted by Crippen LogP contribution is -2.41. The number of anilines is 1. The molecule has 1 N–H and O–H groups in total. The standard InChI is InChI=1S/C22H26N2O4S/c1-2-28-19-7-9-20(10-8-19)29-16-21(25)23-18-5-3-17(4-6-18)15-22(26)24-11-13-27-14-12-24/h3-10H,2,11-16H2,1H3,(H,23,25). The number of benzene rings is 2. The van der Waals surface area contributed by atoms with Crippen LogP contribution < -0.4 is 10.1 Å². The number of nitrogens with one attached hydrogen (secondary N) is 1. The molecule has 0 bridgehead atoms. The van der Waals surface area contributed by atoms with Crippen molar-refractivity contribution in [1.29, 1.82) is 0 Å². The van der Waals surface area contributed by atoms with Crippen LogP contribution in [-0.2, 0) is 20.7 Å². The van der Waals surface area contributed by atoms with E-state index in [1.807, 2.05) is 60.4 Å². The van der Waals surface area contributed by atoms with Crippen molar-refractivity contribution < 1.29 is 19.1 Å². The van der Waals surface area contributed by atoms with Crippen molar-refractivity contribution in [3.8, 4) is 5.75 Å². The molecule has 3 rings (SSSR count). The Morgan fingerprint density at radius 3 is 2.41 bits per heavy atom. The fraction of sp³-hybridized carbons (Fsp3) is 0.364. The van der Waals surface area contributed by atoms with Gasteiger partial charge in [-0.2, -0.15) is 0 Å². The number of thioether (sulfide) groups is 1. The number of morpholine rings is 1. The fourth-order valence-electron chi connectivity index (χ4n) is 2.95. The van der Waals surface area contributed by atoms with Crippen molar-refractivity contribution in [2.24, 2.45) is 0 Å². The van der Waals surface area contributed by atoms with Crippen molar-refractivity contribution >= 4 is 29.3 Å². The number of carbonyl (C=O) groups excluding carboxylic acids is 2. The first-order chi connectivity index (χ1) is 14.1. The van der Waals surface area contributed by atoms with Crippen LogP contribution in [0, 0.1) is 0 Å². The zero-order valence-electron chi connectivity index (χ0n) is 16.6. The van der Waals surface area contributed by atoms with Gasteiger partial charge in [-0.05, 0) is 48.9 Å². The Labute approximate surface area is 175 Å². The summed E-state index contributed by atoms with van der Waals surface area (Å²) in [6.07, 6.45) is 0.363. The Morgan fingerprint density at radius 2 is 1.76 bits per heavy atom. The van der Waals surface area contributed by atoms with E-state index >= 15 is 0 Å². The number of ether oxygens (including phenoxy) is 2. The molecule has 0 radical (unpaired) electrons. The Hall–Kier alpha value is -2.51. The summed E-state index contributed by atoms with van der Waals surface area (Å²) in [6, 6.07) is 15.1. The zero-order chi connectivity index (χ0) is 20.5. The lowest BCUT2D eigenvalue weighted by Gasteiger charge is -2.26. The molecule has 0 aliphatic carbocycles. The minimum absolute atomic E-state index is 0.0685. The first kappa shape index (κ1) is 21.2. The summed E-state index contributed by atoms with van der Waals surface area (Å²) in [4.78, 5) is 27.3. The molecule has 1 aliphatic heterocycles. The maximum Gasteiger partial charge on any atom is 0.234 e. The lowest BCUT2D eigenvalue weighted by atomic mass is 10.1. The van der Waals surface area contributed by atoms with Crippen LogP contribution in [-0.4, -0.2) is 55.4 Å². The smallest absolute Gasteiger partial charge is 0.234 e. The van der Waals surface area contributed by atoms with Gasteiger partial charge in [-0.3, -0.25) is 9.59 Å². The van der Waals surface area contributed by atoms with Gasteiger partial charge < -0.3 is 19.7 Å². The van der Waals surface area contributed by atoms with Gasteiger partial charge in [-0.25, -0.2) is 0 Å². The van der Waals surface area contributed by atoms with Crippen molar-refractivity contribution in [3.05, 3.63) is 54.1 Å². The lowest BCUT2D eigenvalue weighted by molar-refractivity contribution is -0.134. The van der Waals surface area contributed by atoms with E-state index in [0.717, 1.165) is 21.9 Å². The molecule has 6 nitrogen and oxygen atoms in total. The SMILES string of the molecule is CCOc1ccc(SCC(=O)Nc2ccc(CC(=O)N3CCOCC3)cc2)cc1. The quantitative estimate of drug-likeness (QED) is 0.672. The van der Waals surface area contributed by atoms with Crippen LogP contribution in [0.1, 0.15) is 12.5 Å². The molecular weight excluding hydrogens is 388 g/mol. The number of carbonyl (C=O) groups is 2. The van der Waals surface area contributed by atoms with Crippen LogP contribution in [0.15, 0.2) is 53.4 Å². The second-order valence-electron chi connectivity index (χ2n) is 6.61. The zero-order valence-corrected chi connectivity index (χ0v) is 17.4. The minimum atomic E-state index is -0.0685. The first-order valence-corrected chi connectivity index (χ1v) is 10.7. The van der Waals surface area contributed by atoms with Gasteiger partial charge in [0.1, 0.15) is 5.75 Å². The summed E-state index contributed by atoms with van der Waals surface area (Å²) in [5.41, 5.74) is 1.66.